The highest BCUT2D eigenvalue weighted by molar-refractivity contribution is 7.80. The van der Waals surface area contributed by atoms with Crippen molar-refractivity contribution < 1.29 is 9.47 Å². The quantitative estimate of drug-likeness (QED) is 0.360. The number of thiocarbonyl (C=S) groups is 1. The highest BCUT2D eigenvalue weighted by Crippen LogP contribution is 2.33. The van der Waals surface area contributed by atoms with Crippen molar-refractivity contribution in [1.82, 2.24) is 9.88 Å². The van der Waals surface area contributed by atoms with E-state index in [-0.39, 0.29) is 12.4 Å². The molecule has 0 amide bonds. The lowest BCUT2D eigenvalue weighted by atomic mass is 10.0. The molecule has 5 rings (SSSR count). The molecule has 6 nitrogen and oxygen atoms in total. The molecule has 178 valence electrons. The second kappa shape index (κ2) is 9.43. The van der Waals surface area contributed by atoms with Gasteiger partial charge in [0.2, 0.25) is 6.79 Å². The first-order valence-corrected chi connectivity index (χ1v) is 11.9. The summed E-state index contributed by atoms with van der Waals surface area (Å²) < 4.78 is 11.0. The van der Waals surface area contributed by atoms with Crippen LogP contribution in [0.1, 0.15) is 27.8 Å². The second-order valence-electron chi connectivity index (χ2n) is 9.01. The molecule has 7 heteroatoms. The van der Waals surface area contributed by atoms with Crippen molar-refractivity contribution in [3.05, 3.63) is 98.8 Å². The van der Waals surface area contributed by atoms with Gasteiger partial charge in [-0.25, -0.2) is 0 Å². The molecule has 1 aromatic heterocycles. The molecule has 0 fully saturated rings. The lowest BCUT2D eigenvalue weighted by Gasteiger charge is -2.26. The smallest absolute Gasteiger partial charge is 0.253 e. The summed E-state index contributed by atoms with van der Waals surface area (Å²) in [5.41, 5.74) is 6.69. The van der Waals surface area contributed by atoms with Gasteiger partial charge in [-0.3, -0.25) is 4.79 Å². The molecular weight excluding hydrogens is 458 g/mol. The van der Waals surface area contributed by atoms with Crippen LogP contribution in [0.2, 0.25) is 0 Å². The number of H-pyrrole nitrogens is 1. The molecule has 2 N–H and O–H groups in total. The first-order valence-electron chi connectivity index (χ1n) is 11.5. The molecule has 0 aliphatic carbocycles. The Morgan fingerprint density at radius 1 is 0.943 bits per heavy atom. The van der Waals surface area contributed by atoms with Gasteiger partial charge in [0, 0.05) is 17.8 Å². The highest BCUT2D eigenvalue weighted by Gasteiger charge is 2.18. The van der Waals surface area contributed by atoms with Crippen molar-refractivity contribution in [2.75, 3.05) is 12.1 Å². The Hall–Kier alpha value is -3.84. The van der Waals surface area contributed by atoms with Crippen LogP contribution in [0, 0.1) is 20.8 Å². The molecule has 1 aliphatic rings. The lowest BCUT2D eigenvalue weighted by molar-refractivity contribution is 0.174. The Morgan fingerprint density at radius 3 is 2.51 bits per heavy atom. The molecule has 0 radical (unpaired) electrons. The monoisotopic (exact) mass is 485 g/mol. The summed E-state index contributed by atoms with van der Waals surface area (Å²) in [4.78, 5) is 18.1. The van der Waals surface area contributed by atoms with Gasteiger partial charge in [0.1, 0.15) is 0 Å². The maximum Gasteiger partial charge on any atom is 0.253 e. The molecular formula is C28H27N3O3S. The van der Waals surface area contributed by atoms with Crippen LogP contribution >= 0.6 is 12.2 Å². The van der Waals surface area contributed by atoms with Gasteiger partial charge in [-0.2, -0.15) is 0 Å². The standard InChI is InChI=1S/C28H27N3O3S/c1-17-4-7-23(8-5-17)29-28(35)31(14-20-6-9-24-25(12-20)34-16-33-24)15-22-13-21-11-18(2)10-19(3)26(21)30-27(22)32/h4-13H,14-16H2,1-3H3,(H,29,35)(H,30,32). The number of fused-ring (bicyclic) bond motifs is 2. The number of rotatable bonds is 5. The Morgan fingerprint density at radius 2 is 1.71 bits per heavy atom. The van der Waals surface area contributed by atoms with Gasteiger partial charge < -0.3 is 24.7 Å². The molecule has 1 aliphatic heterocycles. The van der Waals surface area contributed by atoms with Gasteiger partial charge in [-0.15, -0.1) is 0 Å². The minimum Gasteiger partial charge on any atom is -0.454 e. The van der Waals surface area contributed by atoms with Crippen molar-refractivity contribution >= 4 is 33.9 Å². The normalized spacial score (nSPS) is 12.1. The average molecular weight is 486 g/mol. The number of anilines is 1. The van der Waals surface area contributed by atoms with E-state index >= 15 is 0 Å². The maximum atomic E-state index is 13.0. The van der Waals surface area contributed by atoms with E-state index in [9.17, 15) is 4.79 Å². The van der Waals surface area contributed by atoms with Crippen molar-refractivity contribution in [3.63, 3.8) is 0 Å². The summed E-state index contributed by atoms with van der Waals surface area (Å²) in [6.07, 6.45) is 0. The highest BCUT2D eigenvalue weighted by atomic mass is 32.1. The minimum atomic E-state index is -0.113. The summed E-state index contributed by atoms with van der Waals surface area (Å²) in [6, 6.07) is 20.0. The van der Waals surface area contributed by atoms with Gasteiger partial charge in [0.05, 0.1) is 12.1 Å². The third-order valence-electron chi connectivity index (χ3n) is 6.13. The predicted octanol–water partition coefficient (Wildman–Crippen LogP) is 5.58. The summed E-state index contributed by atoms with van der Waals surface area (Å²) in [7, 11) is 0. The Balaban J connectivity index is 1.47. The van der Waals surface area contributed by atoms with Gasteiger partial charge in [0.25, 0.3) is 5.56 Å². The van der Waals surface area contributed by atoms with E-state index in [0.29, 0.717) is 23.8 Å². The fourth-order valence-electron chi connectivity index (χ4n) is 4.35. The number of hydrogen-bond acceptors (Lipinski definition) is 4. The molecule has 0 unspecified atom stereocenters. The number of aromatic amines is 1. The van der Waals surface area contributed by atoms with E-state index in [2.05, 4.69) is 29.4 Å². The van der Waals surface area contributed by atoms with Crippen LogP contribution in [0.25, 0.3) is 10.9 Å². The molecule has 2 heterocycles. The van der Waals surface area contributed by atoms with Crippen LogP contribution in [-0.4, -0.2) is 21.8 Å². The maximum absolute atomic E-state index is 13.0. The molecule has 0 spiro atoms. The van der Waals surface area contributed by atoms with Crippen molar-refractivity contribution in [2.45, 2.75) is 33.9 Å². The van der Waals surface area contributed by atoms with Gasteiger partial charge in [0.15, 0.2) is 16.6 Å². The van der Waals surface area contributed by atoms with Crippen LogP contribution in [0.4, 0.5) is 5.69 Å². The van der Waals surface area contributed by atoms with E-state index in [1.165, 1.54) is 5.56 Å². The van der Waals surface area contributed by atoms with Crippen LogP contribution in [0.15, 0.2) is 65.5 Å². The molecule has 4 aromatic rings. The number of nitrogens with one attached hydrogen (secondary N) is 2. The van der Waals surface area contributed by atoms with Crippen LogP contribution in [-0.2, 0) is 13.1 Å². The number of ether oxygens (including phenoxy) is 2. The number of aromatic nitrogens is 1. The fraction of sp³-hybridized carbons (Fsp3) is 0.214. The number of nitrogens with zero attached hydrogens (tertiary/aromatic N) is 1. The Kier molecular flexibility index (Phi) is 6.17. The summed E-state index contributed by atoms with van der Waals surface area (Å²) in [5, 5.41) is 4.87. The zero-order valence-electron chi connectivity index (χ0n) is 20.0. The third kappa shape index (κ3) is 5.00. The van der Waals surface area contributed by atoms with Gasteiger partial charge in [-0.05, 0) is 85.9 Å². The summed E-state index contributed by atoms with van der Waals surface area (Å²) in [6.45, 7) is 7.19. The van der Waals surface area contributed by atoms with E-state index in [0.717, 1.165) is 44.8 Å². The molecule has 35 heavy (non-hydrogen) atoms. The minimum absolute atomic E-state index is 0.113. The number of hydrogen-bond donors (Lipinski definition) is 2. The average Bonchev–Trinajstić information content (AvgIpc) is 3.29. The topological polar surface area (TPSA) is 66.6 Å². The zero-order valence-corrected chi connectivity index (χ0v) is 20.8. The van der Waals surface area contributed by atoms with E-state index in [1.54, 1.807) is 0 Å². The summed E-state index contributed by atoms with van der Waals surface area (Å²) in [5.74, 6) is 1.45. The third-order valence-corrected chi connectivity index (χ3v) is 6.49. The van der Waals surface area contributed by atoms with Gasteiger partial charge in [-0.1, -0.05) is 35.4 Å². The SMILES string of the molecule is Cc1ccc(NC(=S)N(Cc2ccc3c(c2)OCO3)Cc2cc3cc(C)cc(C)c3[nH]c2=O)cc1. The Labute approximate surface area is 209 Å². The number of pyridine rings is 1. The largest absolute Gasteiger partial charge is 0.454 e. The molecule has 0 saturated carbocycles. The number of benzene rings is 3. The second-order valence-corrected chi connectivity index (χ2v) is 9.40. The van der Waals surface area contributed by atoms with Crippen molar-refractivity contribution in [3.8, 4) is 11.5 Å². The van der Waals surface area contributed by atoms with Crippen LogP contribution < -0.4 is 20.3 Å². The van der Waals surface area contributed by atoms with Crippen molar-refractivity contribution in [2.24, 2.45) is 0 Å². The number of aryl methyl sites for hydroxylation is 3. The summed E-state index contributed by atoms with van der Waals surface area (Å²) >= 11 is 5.82. The lowest BCUT2D eigenvalue weighted by Crippen LogP contribution is -2.35. The first kappa shape index (κ1) is 22.9. The van der Waals surface area contributed by atoms with Crippen LogP contribution in [0.5, 0.6) is 11.5 Å². The zero-order chi connectivity index (χ0) is 24.5. The van der Waals surface area contributed by atoms with E-state index in [1.807, 2.05) is 67.3 Å². The van der Waals surface area contributed by atoms with E-state index < -0.39 is 0 Å². The molecule has 0 atom stereocenters. The van der Waals surface area contributed by atoms with Crippen molar-refractivity contribution in [1.29, 1.82) is 0 Å². The van der Waals surface area contributed by atoms with Gasteiger partial charge >= 0.3 is 0 Å². The fourth-order valence-corrected chi connectivity index (χ4v) is 4.60. The Bertz CT molecular complexity index is 1480. The van der Waals surface area contributed by atoms with Crippen LogP contribution in [0.3, 0.4) is 0 Å². The predicted molar refractivity (Wildman–Crippen MR) is 143 cm³/mol. The molecule has 3 aromatic carbocycles. The molecule has 0 saturated heterocycles. The first-order chi connectivity index (χ1) is 16.9. The van der Waals surface area contributed by atoms with E-state index in [4.69, 9.17) is 21.7 Å². The molecule has 0 bridgehead atoms.